The summed E-state index contributed by atoms with van der Waals surface area (Å²) in [5.41, 5.74) is 0. The van der Waals surface area contributed by atoms with E-state index in [0.29, 0.717) is 12.8 Å². The summed E-state index contributed by atoms with van der Waals surface area (Å²) in [7, 11) is 0. The van der Waals surface area contributed by atoms with Crippen LogP contribution in [0.15, 0.2) is 0 Å². The van der Waals surface area contributed by atoms with Crippen molar-refractivity contribution in [2.24, 2.45) is 0 Å². The molecule has 0 aromatic carbocycles. The van der Waals surface area contributed by atoms with Crippen molar-refractivity contribution in [1.82, 2.24) is 9.80 Å². The van der Waals surface area contributed by atoms with Crippen LogP contribution in [0, 0.1) is 0 Å². The Balaban J connectivity index is -0.00000192. The number of hydrogen-bond acceptors (Lipinski definition) is 6. The van der Waals surface area contributed by atoms with E-state index >= 15 is 0 Å². The number of hydrogen-bond donors (Lipinski definition) is 4. The largest absolute Gasteiger partial charge is 0.480 e. The molecule has 2 unspecified atom stereocenters. The third-order valence-electron chi connectivity index (χ3n) is 3.99. The fourth-order valence-electron chi connectivity index (χ4n) is 3.22. The first-order chi connectivity index (χ1) is 11.2. The van der Waals surface area contributed by atoms with Crippen molar-refractivity contribution in [1.29, 1.82) is 0 Å². The average Bonchev–Trinajstić information content (AvgIpc) is 2.44. The van der Waals surface area contributed by atoms with Crippen LogP contribution in [0.5, 0.6) is 0 Å². The minimum atomic E-state index is -1.19. The molecule has 1 rings (SSSR count). The van der Waals surface area contributed by atoms with Crippen LogP contribution >= 0.6 is 0 Å². The second-order valence-electron chi connectivity index (χ2n) is 5.80. The van der Waals surface area contributed by atoms with Crippen LogP contribution in [0.3, 0.4) is 0 Å². The second kappa shape index (κ2) is 16.4. The SMILES string of the molecule is O=C(O)CN(CC(=O)O)C1CCCCC1N(CC(=O)O)CC(=O)O.[Mg].[Na].[Na]. The van der Waals surface area contributed by atoms with Crippen molar-refractivity contribution in [2.75, 3.05) is 26.2 Å². The maximum absolute atomic E-state index is 11.0. The summed E-state index contributed by atoms with van der Waals surface area (Å²) in [6.45, 7) is -1.99. The standard InChI is InChI=1S/C14H22N2O8.Mg.2Na/c17-11(18)5-15(6-12(19)20)9-3-1-2-4-10(9)16(7-13(21)22)8-14(23)24;;;/h9-10H,1-8H2,(H,17,18)(H,19,20)(H,21,22)(H,23,24);;;. The number of carbonyl (C=O) groups is 4. The Bertz CT molecular complexity index is 436. The van der Waals surface area contributed by atoms with Gasteiger partial charge >= 0.3 is 23.9 Å². The molecule has 1 saturated carbocycles. The van der Waals surface area contributed by atoms with Crippen molar-refractivity contribution in [3.63, 3.8) is 0 Å². The summed E-state index contributed by atoms with van der Waals surface area (Å²) >= 11 is 0. The van der Waals surface area contributed by atoms with Crippen molar-refractivity contribution in [3.05, 3.63) is 0 Å². The first-order valence-corrected chi connectivity index (χ1v) is 7.56. The fourth-order valence-corrected chi connectivity index (χ4v) is 3.22. The van der Waals surface area contributed by atoms with Crippen molar-refractivity contribution >= 4 is 106 Å². The first-order valence-electron chi connectivity index (χ1n) is 7.56. The van der Waals surface area contributed by atoms with E-state index in [1.807, 2.05) is 0 Å². The van der Waals surface area contributed by atoms with Gasteiger partial charge in [0.15, 0.2) is 0 Å². The summed E-state index contributed by atoms with van der Waals surface area (Å²) in [4.78, 5) is 46.7. The number of rotatable bonds is 10. The molecule has 140 valence electrons. The fraction of sp³-hybridized carbons (Fsp3) is 0.714. The molecular formula is C14H22MgN2Na2O8. The molecule has 4 radical (unpaired) electrons. The first kappa shape index (κ1) is 32.2. The van der Waals surface area contributed by atoms with Gasteiger partial charge < -0.3 is 20.4 Å². The molecule has 1 aliphatic rings. The summed E-state index contributed by atoms with van der Waals surface area (Å²) < 4.78 is 0. The molecule has 27 heavy (non-hydrogen) atoms. The third-order valence-corrected chi connectivity index (χ3v) is 3.99. The summed E-state index contributed by atoms with van der Waals surface area (Å²) in [5, 5.41) is 36.0. The van der Waals surface area contributed by atoms with Crippen molar-refractivity contribution in [2.45, 2.75) is 37.8 Å². The normalized spacial score (nSPS) is 18.6. The summed E-state index contributed by atoms with van der Waals surface area (Å²) in [5.74, 6) is -4.76. The maximum atomic E-state index is 11.0. The smallest absolute Gasteiger partial charge is 0.317 e. The predicted molar refractivity (Wildman–Crippen MR) is 97.0 cm³/mol. The van der Waals surface area contributed by atoms with Gasteiger partial charge in [-0.25, -0.2) is 0 Å². The zero-order valence-corrected chi connectivity index (χ0v) is 21.2. The van der Waals surface area contributed by atoms with Gasteiger partial charge in [0.1, 0.15) is 0 Å². The van der Waals surface area contributed by atoms with Gasteiger partial charge in [-0.15, -0.1) is 0 Å². The number of nitrogens with zero attached hydrogens (tertiary/aromatic N) is 2. The molecule has 0 amide bonds. The molecule has 0 saturated heterocycles. The molecule has 0 aromatic rings. The van der Waals surface area contributed by atoms with Gasteiger partial charge in [-0.1, -0.05) is 12.8 Å². The third kappa shape index (κ3) is 12.7. The molecule has 1 fully saturated rings. The average molecular weight is 417 g/mol. The maximum Gasteiger partial charge on any atom is 0.317 e. The Morgan fingerprint density at radius 1 is 0.630 bits per heavy atom. The Hall–Kier alpha value is 0.566. The molecule has 0 aromatic heterocycles. The van der Waals surface area contributed by atoms with E-state index in [0.717, 1.165) is 12.8 Å². The zero-order valence-electron chi connectivity index (χ0n) is 15.8. The Morgan fingerprint density at radius 3 is 1.04 bits per heavy atom. The van der Waals surface area contributed by atoms with E-state index in [1.54, 1.807) is 0 Å². The Kier molecular flexibility index (Phi) is 19.5. The zero-order chi connectivity index (χ0) is 18.3. The number of aliphatic carboxylic acids is 4. The molecule has 1 aliphatic carbocycles. The van der Waals surface area contributed by atoms with Gasteiger partial charge in [-0.3, -0.25) is 29.0 Å². The van der Waals surface area contributed by atoms with Crippen LogP contribution in [-0.2, 0) is 19.2 Å². The molecule has 2 atom stereocenters. The van der Waals surface area contributed by atoms with Crippen LogP contribution in [0.2, 0.25) is 0 Å². The van der Waals surface area contributed by atoms with E-state index in [9.17, 15) is 19.2 Å². The minimum Gasteiger partial charge on any atom is -0.480 e. The van der Waals surface area contributed by atoms with Crippen LogP contribution in [0.4, 0.5) is 0 Å². The minimum absolute atomic E-state index is 0. The van der Waals surface area contributed by atoms with Crippen molar-refractivity contribution in [3.8, 4) is 0 Å². The molecule has 0 spiro atoms. The van der Waals surface area contributed by atoms with E-state index in [1.165, 1.54) is 9.80 Å². The molecular weight excluding hydrogens is 394 g/mol. The van der Waals surface area contributed by atoms with Crippen molar-refractivity contribution < 1.29 is 39.6 Å². The summed E-state index contributed by atoms with van der Waals surface area (Å²) in [6, 6.07) is -1.05. The molecule has 4 N–H and O–H groups in total. The van der Waals surface area contributed by atoms with Gasteiger partial charge in [0.05, 0.1) is 26.2 Å². The van der Waals surface area contributed by atoms with Gasteiger partial charge in [0, 0.05) is 94.3 Å². The molecule has 0 bridgehead atoms. The quantitative estimate of drug-likeness (QED) is 0.297. The molecule has 10 nitrogen and oxygen atoms in total. The Labute approximate surface area is 217 Å². The molecule has 13 heteroatoms. The van der Waals surface area contributed by atoms with E-state index in [4.69, 9.17) is 20.4 Å². The topological polar surface area (TPSA) is 156 Å². The van der Waals surface area contributed by atoms with E-state index < -0.39 is 62.1 Å². The van der Waals surface area contributed by atoms with Crippen LogP contribution < -0.4 is 0 Å². The molecule has 0 heterocycles. The number of carboxylic acids is 4. The summed E-state index contributed by atoms with van der Waals surface area (Å²) in [6.07, 6.45) is 2.46. The molecule has 0 aliphatic heterocycles. The predicted octanol–water partition coefficient (Wildman–Crippen LogP) is -1.90. The van der Waals surface area contributed by atoms with Gasteiger partial charge in [0.2, 0.25) is 0 Å². The van der Waals surface area contributed by atoms with Crippen LogP contribution in [-0.4, -0.2) is 175 Å². The van der Waals surface area contributed by atoms with Gasteiger partial charge in [0.25, 0.3) is 0 Å². The van der Waals surface area contributed by atoms with E-state index in [2.05, 4.69) is 0 Å². The van der Waals surface area contributed by atoms with Gasteiger partial charge in [-0.05, 0) is 12.8 Å². The van der Waals surface area contributed by atoms with E-state index in [-0.39, 0.29) is 82.2 Å². The van der Waals surface area contributed by atoms with Crippen LogP contribution in [0.1, 0.15) is 25.7 Å². The second-order valence-corrected chi connectivity index (χ2v) is 5.80. The number of carboxylic acid groups (broad SMARTS) is 4. The van der Waals surface area contributed by atoms with Gasteiger partial charge in [-0.2, -0.15) is 0 Å². The van der Waals surface area contributed by atoms with Crippen LogP contribution in [0.25, 0.3) is 0 Å². The monoisotopic (exact) mass is 416 g/mol. The Morgan fingerprint density at radius 2 is 0.852 bits per heavy atom.